The Balaban J connectivity index is 1.69. The Labute approximate surface area is 116 Å². The summed E-state index contributed by atoms with van der Waals surface area (Å²) in [5, 5.41) is 5.41. The van der Waals surface area contributed by atoms with E-state index < -0.39 is 0 Å². The van der Waals surface area contributed by atoms with Gasteiger partial charge in [-0.25, -0.2) is 0 Å². The van der Waals surface area contributed by atoms with Gasteiger partial charge in [-0.3, -0.25) is 10.1 Å². The molecular weight excluding hydrogens is 264 g/mol. The van der Waals surface area contributed by atoms with Crippen LogP contribution in [0.3, 0.4) is 0 Å². The maximum absolute atomic E-state index is 12.0. The zero-order valence-electron chi connectivity index (χ0n) is 10.3. The van der Waals surface area contributed by atoms with Gasteiger partial charge < -0.3 is 4.90 Å². The van der Waals surface area contributed by atoms with Gasteiger partial charge in [0, 0.05) is 11.4 Å². The summed E-state index contributed by atoms with van der Waals surface area (Å²) in [5.41, 5.74) is 0. The minimum absolute atomic E-state index is 0.118. The Bertz CT molecular complexity index is 401. The van der Waals surface area contributed by atoms with Crippen molar-refractivity contribution in [1.82, 2.24) is 10.2 Å². The van der Waals surface area contributed by atoms with Crippen LogP contribution in [0.2, 0.25) is 0 Å². The molecule has 2 saturated heterocycles. The summed E-state index contributed by atoms with van der Waals surface area (Å²) in [6, 6.07) is 4.17. The van der Waals surface area contributed by atoms with E-state index >= 15 is 0 Å². The lowest BCUT2D eigenvalue weighted by Crippen LogP contribution is -2.35. The van der Waals surface area contributed by atoms with Crippen molar-refractivity contribution in [1.29, 1.82) is 0 Å². The van der Waals surface area contributed by atoms with Crippen molar-refractivity contribution in [3.63, 3.8) is 0 Å². The number of thioether (sulfide) groups is 1. The van der Waals surface area contributed by atoms with Crippen LogP contribution in [0.5, 0.6) is 0 Å². The van der Waals surface area contributed by atoms with Crippen LogP contribution in [-0.2, 0) is 4.79 Å². The summed E-state index contributed by atoms with van der Waals surface area (Å²) in [7, 11) is 0. The first-order valence-corrected chi connectivity index (χ1v) is 8.52. The molecule has 98 valence electrons. The minimum atomic E-state index is 0.118. The molecule has 0 spiro atoms. The molecule has 1 amide bonds. The van der Waals surface area contributed by atoms with E-state index in [1.807, 2.05) is 16.7 Å². The molecule has 18 heavy (non-hydrogen) atoms. The molecule has 2 aliphatic heterocycles. The molecule has 3 nitrogen and oxygen atoms in total. The Morgan fingerprint density at radius 1 is 1.39 bits per heavy atom. The van der Waals surface area contributed by atoms with Crippen LogP contribution in [-0.4, -0.2) is 35.4 Å². The summed E-state index contributed by atoms with van der Waals surface area (Å²) in [4.78, 5) is 15.3. The Hall–Kier alpha value is -0.520. The van der Waals surface area contributed by atoms with E-state index in [1.54, 1.807) is 11.3 Å². The quantitative estimate of drug-likeness (QED) is 0.923. The lowest BCUT2D eigenvalue weighted by atomic mass is 10.0. The number of nitrogens with zero attached hydrogens (tertiary/aromatic N) is 1. The van der Waals surface area contributed by atoms with Gasteiger partial charge in [-0.15, -0.1) is 11.3 Å². The highest BCUT2D eigenvalue weighted by Crippen LogP contribution is 2.30. The molecule has 1 aromatic rings. The van der Waals surface area contributed by atoms with E-state index in [9.17, 15) is 4.79 Å². The third-order valence-electron chi connectivity index (χ3n) is 3.69. The number of thiophene rings is 1. The standard InChI is InChI=1S/C13H18N2OS2/c16-12-8-14-13(11-2-1-5-18-11)15(12)9-10-3-6-17-7-4-10/h1-2,5,10,13-14H,3-4,6-9H2. The zero-order chi connectivity index (χ0) is 12.4. The van der Waals surface area contributed by atoms with Crippen molar-refractivity contribution in [2.45, 2.75) is 19.0 Å². The first-order valence-electron chi connectivity index (χ1n) is 6.48. The highest BCUT2D eigenvalue weighted by Gasteiger charge is 2.33. The van der Waals surface area contributed by atoms with Crippen molar-refractivity contribution in [3.05, 3.63) is 22.4 Å². The Morgan fingerprint density at radius 3 is 2.94 bits per heavy atom. The van der Waals surface area contributed by atoms with Gasteiger partial charge in [-0.1, -0.05) is 6.07 Å². The number of rotatable bonds is 3. The number of carbonyl (C=O) groups is 1. The SMILES string of the molecule is O=C1CNC(c2cccs2)N1CC1CCSCC1. The number of amides is 1. The molecule has 3 rings (SSSR count). The topological polar surface area (TPSA) is 32.3 Å². The second-order valence-corrected chi connectivity index (χ2v) is 7.10. The average molecular weight is 282 g/mol. The van der Waals surface area contributed by atoms with Crippen LogP contribution in [0.4, 0.5) is 0 Å². The second-order valence-electron chi connectivity index (χ2n) is 4.90. The molecule has 0 aliphatic carbocycles. The van der Waals surface area contributed by atoms with Gasteiger partial charge in [0.2, 0.25) is 5.91 Å². The molecule has 0 radical (unpaired) electrons. The third-order valence-corrected chi connectivity index (χ3v) is 5.66. The highest BCUT2D eigenvalue weighted by atomic mass is 32.2. The van der Waals surface area contributed by atoms with Crippen LogP contribution >= 0.6 is 23.1 Å². The van der Waals surface area contributed by atoms with Crippen molar-refractivity contribution < 1.29 is 4.79 Å². The predicted octanol–water partition coefficient (Wildman–Crippen LogP) is 2.32. The van der Waals surface area contributed by atoms with Gasteiger partial charge in [0.1, 0.15) is 6.17 Å². The summed E-state index contributed by atoms with van der Waals surface area (Å²) < 4.78 is 0. The smallest absolute Gasteiger partial charge is 0.238 e. The predicted molar refractivity (Wildman–Crippen MR) is 76.8 cm³/mol. The normalized spacial score (nSPS) is 25.9. The summed E-state index contributed by atoms with van der Waals surface area (Å²) >= 11 is 3.77. The molecule has 0 saturated carbocycles. The van der Waals surface area contributed by atoms with Gasteiger partial charge in [-0.05, 0) is 41.7 Å². The fourth-order valence-electron chi connectivity index (χ4n) is 2.66. The lowest BCUT2D eigenvalue weighted by Gasteiger charge is -2.30. The Morgan fingerprint density at radius 2 is 2.22 bits per heavy atom. The molecular formula is C13H18N2OS2. The highest BCUT2D eigenvalue weighted by molar-refractivity contribution is 7.99. The summed E-state index contributed by atoms with van der Waals surface area (Å²) in [6.07, 6.45) is 2.63. The molecule has 3 heterocycles. The summed E-state index contributed by atoms with van der Waals surface area (Å²) in [5.74, 6) is 3.46. The molecule has 5 heteroatoms. The van der Waals surface area contributed by atoms with E-state index in [0.717, 1.165) is 6.54 Å². The average Bonchev–Trinajstić information content (AvgIpc) is 3.02. The number of carbonyl (C=O) groups excluding carboxylic acids is 1. The van der Waals surface area contributed by atoms with Crippen molar-refractivity contribution in [2.75, 3.05) is 24.6 Å². The van der Waals surface area contributed by atoms with E-state index in [4.69, 9.17) is 0 Å². The molecule has 0 aromatic carbocycles. The minimum Gasteiger partial charge on any atom is -0.321 e. The van der Waals surface area contributed by atoms with Crippen molar-refractivity contribution in [3.8, 4) is 0 Å². The van der Waals surface area contributed by atoms with Crippen LogP contribution in [0.15, 0.2) is 17.5 Å². The monoisotopic (exact) mass is 282 g/mol. The molecule has 1 unspecified atom stereocenters. The van der Waals surface area contributed by atoms with Gasteiger partial charge in [0.25, 0.3) is 0 Å². The maximum Gasteiger partial charge on any atom is 0.238 e. The van der Waals surface area contributed by atoms with E-state index in [-0.39, 0.29) is 12.1 Å². The molecule has 2 fully saturated rings. The zero-order valence-corrected chi connectivity index (χ0v) is 11.9. The van der Waals surface area contributed by atoms with Gasteiger partial charge in [-0.2, -0.15) is 11.8 Å². The Kier molecular flexibility index (Phi) is 3.91. The van der Waals surface area contributed by atoms with Crippen LogP contribution in [0.1, 0.15) is 23.9 Å². The van der Waals surface area contributed by atoms with Crippen molar-refractivity contribution in [2.24, 2.45) is 5.92 Å². The van der Waals surface area contributed by atoms with Crippen LogP contribution in [0, 0.1) is 5.92 Å². The fourth-order valence-corrected chi connectivity index (χ4v) is 4.67. The maximum atomic E-state index is 12.0. The first-order chi connectivity index (χ1) is 8.84. The van der Waals surface area contributed by atoms with E-state index in [2.05, 4.69) is 22.8 Å². The van der Waals surface area contributed by atoms with E-state index in [1.165, 1.54) is 29.2 Å². The number of hydrogen-bond donors (Lipinski definition) is 1. The lowest BCUT2D eigenvalue weighted by molar-refractivity contribution is -0.128. The first kappa shape index (κ1) is 12.5. The molecule has 0 bridgehead atoms. The molecule has 1 atom stereocenters. The van der Waals surface area contributed by atoms with E-state index in [0.29, 0.717) is 12.5 Å². The fraction of sp³-hybridized carbons (Fsp3) is 0.615. The van der Waals surface area contributed by atoms with Crippen molar-refractivity contribution >= 4 is 29.0 Å². The van der Waals surface area contributed by atoms with Gasteiger partial charge >= 0.3 is 0 Å². The van der Waals surface area contributed by atoms with Gasteiger partial charge in [0.05, 0.1) is 6.54 Å². The van der Waals surface area contributed by atoms with Crippen LogP contribution < -0.4 is 5.32 Å². The third kappa shape index (κ3) is 2.58. The molecule has 2 aliphatic rings. The molecule has 1 N–H and O–H groups in total. The second kappa shape index (κ2) is 5.63. The number of nitrogens with one attached hydrogen (secondary N) is 1. The summed E-state index contributed by atoms with van der Waals surface area (Å²) in [6.45, 7) is 1.42. The van der Waals surface area contributed by atoms with Gasteiger partial charge in [0.15, 0.2) is 0 Å². The molecule has 1 aromatic heterocycles. The largest absolute Gasteiger partial charge is 0.321 e. The van der Waals surface area contributed by atoms with Crippen LogP contribution in [0.25, 0.3) is 0 Å². The number of hydrogen-bond acceptors (Lipinski definition) is 4.